The average Bonchev–Trinajstić information content (AvgIpc) is 2.91. The summed E-state index contributed by atoms with van der Waals surface area (Å²) in [4.78, 5) is 45.5. The molecule has 0 spiro atoms. The number of esters is 1. The molecule has 1 aliphatic rings. The number of ether oxygens (including phenoxy) is 1. The summed E-state index contributed by atoms with van der Waals surface area (Å²) in [6.45, 7) is 0. The molecule has 2 aromatic carbocycles. The van der Waals surface area contributed by atoms with Crippen LogP contribution in [0.4, 0.5) is 11.4 Å². The zero-order chi connectivity index (χ0) is 20.4. The normalized spacial score (nSPS) is 13.3. The second kappa shape index (κ2) is 7.19. The molecule has 1 aliphatic heterocycles. The predicted molar refractivity (Wildman–Crippen MR) is 102 cm³/mol. The smallest absolute Gasteiger partial charge is 0.337 e. The summed E-state index contributed by atoms with van der Waals surface area (Å²) in [5, 5.41) is 0. The number of hydrogen-bond acceptors (Lipinski definition) is 5. The molecule has 0 aliphatic carbocycles. The Labute approximate surface area is 159 Å². The number of carbonyl (C=O) groups is 3. The molecule has 0 aromatic heterocycles. The van der Waals surface area contributed by atoms with Crippen LogP contribution in [-0.2, 0) is 4.74 Å². The minimum Gasteiger partial charge on any atom is -0.465 e. The number of hydrogen-bond donors (Lipinski definition) is 3. The minimum absolute atomic E-state index is 0.167. The highest BCUT2D eigenvalue weighted by Crippen LogP contribution is 2.31. The van der Waals surface area contributed by atoms with Gasteiger partial charge in [-0.2, -0.15) is 4.99 Å². The Hall–Kier alpha value is -4.21. The van der Waals surface area contributed by atoms with Crippen LogP contribution in [0, 0.1) is 0 Å². The summed E-state index contributed by atoms with van der Waals surface area (Å²) in [6, 6.07) is 10.3. The quantitative estimate of drug-likeness (QED) is 0.301. The van der Waals surface area contributed by atoms with Crippen molar-refractivity contribution >= 4 is 41.1 Å². The van der Waals surface area contributed by atoms with Gasteiger partial charge in [-0.3, -0.25) is 9.59 Å². The number of imide groups is 1. The number of anilines is 1. The van der Waals surface area contributed by atoms with Crippen molar-refractivity contribution in [3.63, 3.8) is 0 Å². The van der Waals surface area contributed by atoms with E-state index in [4.69, 9.17) is 17.2 Å². The molecular weight excluding hydrogens is 364 g/mol. The van der Waals surface area contributed by atoms with Gasteiger partial charge in [0.25, 0.3) is 11.8 Å². The number of aliphatic imine (C=N–C) groups is 2. The molecule has 0 saturated heterocycles. The fourth-order valence-corrected chi connectivity index (χ4v) is 2.69. The van der Waals surface area contributed by atoms with Gasteiger partial charge in [-0.15, -0.1) is 0 Å². The van der Waals surface area contributed by atoms with E-state index in [1.54, 1.807) is 0 Å². The van der Waals surface area contributed by atoms with E-state index in [0.717, 1.165) is 4.90 Å². The molecule has 0 saturated carbocycles. The number of nitrogens with zero attached hydrogens (tertiary/aromatic N) is 3. The fourth-order valence-electron chi connectivity index (χ4n) is 2.69. The van der Waals surface area contributed by atoms with E-state index in [9.17, 15) is 14.4 Å². The Kier molecular flexibility index (Phi) is 4.77. The molecule has 0 radical (unpaired) electrons. The van der Waals surface area contributed by atoms with E-state index >= 15 is 0 Å². The van der Waals surface area contributed by atoms with Gasteiger partial charge in [0, 0.05) is 0 Å². The van der Waals surface area contributed by atoms with Crippen molar-refractivity contribution in [1.29, 1.82) is 0 Å². The molecule has 10 nitrogen and oxygen atoms in total. The monoisotopic (exact) mass is 380 g/mol. The minimum atomic E-state index is -0.525. The predicted octanol–water partition coefficient (Wildman–Crippen LogP) is 0.493. The van der Waals surface area contributed by atoms with Gasteiger partial charge >= 0.3 is 5.97 Å². The molecule has 2 amide bonds. The van der Waals surface area contributed by atoms with Crippen LogP contribution in [0.3, 0.4) is 0 Å². The largest absolute Gasteiger partial charge is 0.465 e. The van der Waals surface area contributed by atoms with Gasteiger partial charge in [0.05, 0.1) is 35.2 Å². The van der Waals surface area contributed by atoms with Gasteiger partial charge in [0.15, 0.2) is 5.96 Å². The molecule has 0 unspecified atom stereocenters. The molecule has 0 fully saturated rings. The number of fused-ring (bicyclic) bond motifs is 1. The van der Waals surface area contributed by atoms with Crippen LogP contribution < -0.4 is 22.1 Å². The maximum Gasteiger partial charge on any atom is 0.337 e. The maximum atomic E-state index is 12.8. The molecule has 0 atom stereocenters. The van der Waals surface area contributed by atoms with E-state index in [0.29, 0.717) is 16.9 Å². The van der Waals surface area contributed by atoms with E-state index in [1.807, 2.05) is 0 Å². The lowest BCUT2D eigenvalue weighted by Crippen LogP contribution is -2.29. The Bertz CT molecular complexity index is 1040. The Morgan fingerprint density at radius 1 is 0.964 bits per heavy atom. The van der Waals surface area contributed by atoms with Gasteiger partial charge in [0.1, 0.15) is 0 Å². The van der Waals surface area contributed by atoms with Crippen molar-refractivity contribution in [2.75, 3.05) is 12.0 Å². The molecule has 10 heteroatoms. The standard InChI is InChI=1S/C18H16N6O4/c1-28-16(27)9-2-5-11(6-3-9)24-14(25)12-7-4-10(8-13(12)15(24)26)22-18(21)23-17(19)20/h2-8H,1H3,(H6,19,20,21,22,23). The lowest BCUT2D eigenvalue weighted by molar-refractivity contribution is 0.0600. The van der Waals surface area contributed by atoms with Crippen molar-refractivity contribution < 1.29 is 19.1 Å². The molecule has 3 rings (SSSR count). The third-order valence-electron chi connectivity index (χ3n) is 3.90. The van der Waals surface area contributed by atoms with E-state index in [1.165, 1.54) is 49.6 Å². The highest BCUT2D eigenvalue weighted by atomic mass is 16.5. The number of nitrogens with two attached hydrogens (primary N) is 3. The van der Waals surface area contributed by atoms with Gasteiger partial charge in [-0.05, 0) is 42.5 Å². The molecule has 6 N–H and O–H groups in total. The van der Waals surface area contributed by atoms with Crippen LogP contribution in [0.25, 0.3) is 0 Å². The average molecular weight is 380 g/mol. The Balaban J connectivity index is 1.93. The van der Waals surface area contributed by atoms with Crippen molar-refractivity contribution in [1.82, 2.24) is 0 Å². The van der Waals surface area contributed by atoms with Gasteiger partial charge in [-0.25, -0.2) is 14.7 Å². The number of guanidine groups is 2. The van der Waals surface area contributed by atoms with Crippen LogP contribution in [0.1, 0.15) is 31.1 Å². The third-order valence-corrected chi connectivity index (χ3v) is 3.90. The highest BCUT2D eigenvalue weighted by Gasteiger charge is 2.36. The summed E-state index contributed by atoms with van der Waals surface area (Å²) < 4.78 is 4.63. The number of amides is 2. The first-order valence-electron chi connectivity index (χ1n) is 7.97. The van der Waals surface area contributed by atoms with Gasteiger partial charge < -0.3 is 21.9 Å². The SMILES string of the molecule is COC(=O)c1ccc(N2C(=O)c3ccc(N=C(N)N=C(N)N)cc3C2=O)cc1. The zero-order valence-corrected chi connectivity index (χ0v) is 14.7. The number of carbonyl (C=O) groups excluding carboxylic acids is 3. The lowest BCUT2D eigenvalue weighted by atomic mass is 10.1. The Morgan fingerprint density at radius 3 is 2.21 bits per heavy atom. The Morgan fingerprint density at radius 2 is 1.61 bits per heavy atom. The zero-order valence-electron chi connectivity index (χ0n) is 14.7. The van der Waals surface area contributed by atoms with E-state index < -0.39 is 17.8 Å². The van der Waals surface area contributed by atoms with Gasteiger partial charge in [0.2, 0.25) is 5.96 Å². The van der Waals surface area contributed by atoms with Crippen LogP contribution in [0.2, 0.25) is 0 Å². The molecule has 28 heavy (non-hydrogen) atoms. The topological polar surface area (TPSA) is 166 Å². The van der Waals surface area contributed by atoms with Crippen LogP contribution in [0.15, 0.2) is 52.4 Å². The van der Waals surface area contributed by atoms with E-state index in [-0.39, 0.29) is 23.0 Å². The number of benzene rings is 2. The first-order valence-corrected chi connectivity index (χ1v) is 7.97. The summed E-state index contributed by atoms with van der Waals surface area (Å²) in [5.74, 6) is -1.97. The number of methoxy groups -OCH3 is 1. The van der Waals surface area contributed by atoms with Crippen molar-refractivity contribution in [3.8, 4) is 0 Å². The summed E-state index contributed by atoms with van der Waals surface area (Å²) in [5.41, 5.74) is 17.4. The van der Waals surface area contributed by atoms with Gasteiger partial charge in [-0.1, -0.05) is 0 Å². The molecule has 2 aromatic rings. The highest BCUT2D eigenvalue weighted by molar-refractivity contribution is 6.34. The van der Waals surface area contributed by atoms with Crippen molar-refractivity contribution in [2.24, 2.45) is 27.2 Å². The summed E-state index contributed by atoms with van der Waals surface area (Å²) in [7, 11) is 1.26. The number of rotatable bonds is 3. The second-order valence-corrected chi connectivity index (χ2v) is 5.72. The van der Waals surface area contributed by atoms with Crippen molar-refractivity contribution in [2.45, 2.75) is 0 Å². The van der Waals surface area contributed by atoms with Crippen LogP contribution in [-0.4, -0.2) is 36.8 Å². The third kappa shape index (κ3) is 3.38. The van der Waals surface area contributed by atoms with E-state index in [2.05, 4.69) is 14.7 Å². The molecule has 0 bridgehead atoms. The molecular formula is C18H16N6O4. The lowest BCUT2D eigenvalue weighted by Gasteiger charge is -2.14. The fraction of sp³-hybridized carbons (Fsp3) is 0.0556. The van der Waals surface area contributed by atoms with Crippen LogP contribution >= 0.6 is 0 Å². The maximum absolute atomic E-state index is 12.8. The first kappa shape index (κ1) is 18.6. The summed E-state index contributed by atoms with van der Waals surface area (Å²) in [6.07, 6.45) is 0. The summed E-state index contributed by atoms with van der Waals surface area (Å²) >= 11 is 0. The molecule has 142 valence electrons. The second-order valence-electron chi connectivity index (χ2n) is 5.72. The van der Waals surface area contributed by atoms with Crippen LogP contribution in [0.5, 0.6) is 0 Å². The molecule has 1 heterocycles. The first-order chi connectivity index (χ1) is 13.3. The van der Waals surface area contributed by atoms with Crippen molar-refractivity contribution in [3.05, 3.63) is 59.2 Å².